The van der Waals surface area contributed by atoms with Crippen molar-refractivity contribution in [1.82, 2.24) is 0 Å². The second kappa shape index (κ2) is 8.51. The average Bonchev–Trinajstić information content (AvgIpc) is 2.78. The van der Waals surface area contributed by atoms with E-state index < -0.39 is 9.84 Å². The molecule has 0 fully saturated rings. The lowest BCUT2D eigenvalue weighted by Gasteiger charge is -2.18. The van der Waals surface area contributed by atoms with Gasteiger partial charge in [-0.1, -0.05) is 96.0 Å². The number of hydrogen-bond donors (Lipinski definition) is 0. The zero-order chi connectivity index (χ0) is 22.2. The Balaban J connectivity index is 2.05. The van der Waals surface area contributed by atoms with Crippen molar-refractivity contribution < 1.29 is 8.42 Å². The summed E-state index contributed by atoms with van der Waals surface area (Å²) in [6.45, 7) is 3.73. The molecule has 4 rings (SSSR count). The molecule has 0 unspecified atom stereocenters. The van der Waals surface area contributed by atoms with Crippen molar-refractivity contribution in [1.29, 1.82) is 0 Å². The monoisotopic (exact) mass is 466 g/mol. The van der Waals surface area contributed by atoms with Gasteiger partial charge in [-0.25, -0.2) is 8.42 Å². The number of sulfone groups is 1. The second-order valence-corrected chi connectivity index (χ2v) is 10.0. The number of rotatable bonds is 4. The van der Waals surface area contributed by atoms with Crippen LogP contribution < -0.4 is 0 Å². The molecule has 0 radical (unpaired) electrons. The lowest BCUT2D eigenvalue weighted by molar-refractivity contribution is 0.596. The molecule has 2 nitrogen and oxygen atoms in total. The third kappa shape index (κ3) is 3.89. The van der Waals surface area contributed by atoms with Crippen LogP contribution in [-0.2, 0) is 9.84 Å². The maximum atomic E-state index is 14.0. The standard InChI is InChI=1S/C26H20Cl2O2S/c1-17-13-15-21(23(25(17)27)19-9-5-3-6-10-19)31(29,30)22-16-14-18(2)26(28)24(22)20-11-7-4-8-12-20/h3-16H,1-2H3. The summed E-state index contributed by atoms with van der Waals surface area (Å²) in [5.74, 6) is 0. The van der Waals surface area contributed by atoms with E-state index in [0.29, 0.717) is 21.2 Å². The van der Waals surface area contributed by atoms with Crippen molar-refractivity contribution in [2.45, 2.75) is 23.6 Å². The van der Waals surface area contributed by atoms with Crippen LogP contribution in [0.5, 0.6) is 0 Å². The molecule has 0 saturated carbocycles. The van der Waals surface area contributed by atoms with Gasteiger partial charge in [0.05, 0.1) is 19.8 Å². The Labute approximate surface area is 193 Å². The van der Waals surface area contributed by atoms with Gasteiger partial charge in [0.2, 0.25) is 9.84 Å². The van der Waals surface area contributed by atoms with Crippen LogP contribution in [0.1, 0.15) is 11.1 Å². The molecule has 31 heavy (non-hydrogen) atoms. The number of hydrogen-bond acceptors (Lipinski definition) is 2. The van der Waals surface area contributed by atoms with Crippen molar-refractivity contribution in [2.75, 3.05) is 0 Å². The normalized spacial score (nSPS) is 11.5. The third-order valence-electron chi connectivity index (χ3n) is 5.30. The van der Waals surface area contributed by atoms with E-state index in [1.807, 2.05) is 74.5 Å². The summed E-state index contributed by atoms with van der Waals surface area (Å²) in [6, 6.07) is 25.4. The molecule has 0 aliphatic heterocycles. The first-order valence-electron chi connectivity index (χ1n) is 9.76. The maximum absolute atomic E-state index is 14.0. The lowest BCUT2D eigenvalue weighted by Crippen LogP contribution is -2.07. The Kier molecular flexibility index (Phi) is 5.94. The van der Waals surface area contributed by atoms with E-state index in [0.717, 1.165) is 22.3 Å². The van der Waals surface area contributed by atoms with Crippen LogP contribution in [0.2, 0.25) is 10.0 Å². The van der Waals surface area contributed by atoms with E-state index in [9.17, 15) is 8.42 Å². The van der Waals surface area contributed by atoms with E-state index in [1.165, 1.54) is 0 Å². The Morgan fingerprint density at radius 2 is 0.903 bits per heavy atom. The van der Waals surface area contributed by atoms with Gasteiger partial charge in [0, 0.05) is 11.1 Å². The van der Waals surface area contributed by atoms with Crippen LogP contribution in [0.3, 0.4) is 0 Å². The number of halogens is 2. The van der Waals surface area contributed by atoms with Gasteiger partial charge in [-0.15, -0.1) is 0 Å². The van der Waals surface area contributed by atoms with Gasteiger partial charge < -0.3 is 0 Å². The molecular formula is C26H20Cl2O2S. The first kappa shape index (κ1) is 21.6. The summed E-state index contributed by atoms with van der Waals surface area (Å²) in [7, 11) is -3.94. The Bertz CT molecular complexity index is 1260. The molecule has 0 aliphatic carbocycles. The lowest BCUT2D eigenvalue weighted by atomic mass is 10.0. The van der Waals surface area contributed by atoms with E-state index in [1.54, 1.807) is 24.3 Å². The van der Waals surface area contributed by atoms with Crippen LogP contribution in [0, 0.1) is 13.8 Å². The van der Waals surface area contributed by atoms with Crippen molar-refractivity contribution in [3.05, 3.63) is 106 Å². The first-order valence-corrected chi connectivity index (χ1v) is 12.0. The summed E-state index contributed by atoms with van der Waals surface area (Å²) < 4.78 is 28.1. The van der Waals surface area contributed by atoms with E-state index in [2.05, 4.69) is 0 Å². The van der Waals surface area contributed by atoms with Crippen molar-refractivity contribution in [3.63, 3.8) is 0 Å². The molecule has 0 aromatic heterocycles. The molecule has 0 aliphatic rings. The molecule has 5 heteroatoms. The van der Waals surface area contributed by atoms with E-state index in [4.69, 9.17) is 23.2 Å². The summed E-state index contributed by atoms with van der Waals surface area (Å²) in [6.07, 6.45) is 0. The summed E-state index contributed by atoms with van der Waals surface area (Å²) in [5.41, 5.74) is 4.11. The molecular weight excluding hydrogens is 447 g/mol. The molecule has 0 atom stereocenters. The molecule has 0 bridgehead atoms. The van der Waals surface area contributed by atoms with Gasteiger partial charge in [-0.2, -0.15) is 0 Å². The molecule has 4 aromatic carbocycles. The van der Waals surface area contributed by atoms with Gasteiger partial charge >= 0.3 is 0 Å². The highest BCUT2D eigenvalue weighted by molar-refractivity contribution is 7.91. The topological polar surface area (TPSA) is 34.1 Å². The molecule has 0 saturated heterocycles. The second-order valence-electron chi connectivity index (χ2n) is 7.37. The summed E-state index contributed by atoms with van der Waals surface area (Å²) in [5, 5.41) is 0.846. The molecule has 0 N–H and O–H groups in total. The quantitative estimate of drug-likeness (QED) is 0.307. The molecule has 0 heterocycles. The minimum absolute atomic E-state index is 0.159. The van der Waals surface area contributed by atoms with Gasteiger partial charge in [-0.05, 0) is 48.2 Å². The smallest absolute Gasteiger partial charge is 0.207 e. The average molecular weight is 467 g/mol. The Morgan fingerprint density at radius 1 is 0.548 bits per heavy atom. The zero-order valence-corrected chi connectivity index (χ0v) is 19.4. The van der Waals surface area contributed by atoms with Gasteiger partial charge in [0.15, 0.2) is 0 Å². The SMILES string of the molecule is Cc1ccc(S(=O)(=O)c2ccc(C)c(Cl)c2-c2ccccc2)c(-c2ccccc2)c1Cl. The fourth-order valence-corrected chi connectivity index (χ4v) is 6.01. The molecule has 4 aromatic rings. The number of benzene rings is 4. The van der Waals surface area contributed by atoms with Crippen molar-refractivity contribution >= 4 is 33.0 Å². The van der Waals surface area contributed by atoms with Gasteiger partial charge in [-0.3, -0.25) is 0 Å². The molecule has 0 amide bonds. The highest BCUT2D eigenvalue weighted by Crippen LogP contribution is 2.43. The van der Waals surface area contributed by atoms with Crippen LogP contribution in [0.15, 0.2) is 94.7 Å². The minimum Gasteiger partial charge on any atom is -0.218 e. The largest absolute Gasteiger partial charge is 0.218 e. The maximum Gasteiger partial charge on any atom is 0.207 e. The Morgan fingerprint density at radius 3 is 1.26 bits per heavy atom. The van der Waals surface area contributed by atoms with E-state index >= 15 is 0 Å². The molecule has 156 valence electrons. The summed E-state index contributed by atoms with van der Waals surface area (Å²) >= 11 is 13.3. The van der Waals surface area contributed by atoms with E-state index in [-0.39, 0.29) is 9.79 Å². The third-order valence-corrected chi connectivity index (χ3v) is 8.11. The number of aryl methyl sites for hydroxylation is 2. The highest BCUT2D eigenvalue weighted by atomic mass is 35.5. The fraction of sp³-hybridized carbons (Fsp3) is 0.0769. The zero-order valence-electron chi connectivity index (χ0n) is 17.1. The van der Waals surface area contributed by atoms with Crippen LogP contribution >= 0.6 is 23.2 Å². The molecule has 0 spiro atoms. The van der Waals surface area contributed by atoms with Crippen molar-refractivity contribution in [3.8, 4) is 22.3 Å². The van der Waals surface area contributed by atoms with Crippen LogP contribution in [-0.4, -0.2) is 8.42 Å². The van der Waals surface area contributed by atoms with Crippen LogP contribution in [0.4, 0.5) is 0 Å². The fourth-order valence-electron chi connectivity index (χ4n) is 3.64. The highest BCUT2D eigenvalue weighted by Gasteiger charge is 2.29. The predicted molar refractivity (Wildman–Crippen MR) is 129 cm³/mol. The van der Waals surface area contributed by atoms with Gasteiger partial charge in [0.25, 0.3) is 0 Å². The minimum atomic E-state index is -3.94. The predicted octanol–water partition coefficient (Wildman–Crippen LogP) is 7.78. The van der Waals surface area contributed by atoms with Gasteiger partial charge in [0.1, 0.15) is 0 Å². The van der Waals surface area contributed by atoms with Crippen molar-refractivity contribution in [2.24, 2.45) is 0 Å². The van der Waals surface area contributed by atoms with Crippen LogP contribution in [0.25, 0.3) is 22.3 Å². The summed E-state index contributed by atoms with van der Waals surface area (Å²) in [4.78, 5) is 0.317. The Hall–Kier alpha value is -2.59. The first-order chi connectivity index (χ1) is 14.8.